The highest BCUT2D eigenvalue weighted by Crippen LogP contribution is 2.14. The second-order valence-electron chi connectivity index (χ2n) is 7.01. The maximum absolute atomic E-state index is 12.5. The molecule has 0 aliphatic carbocycles. The molecular formula is C21H27N3O4S. The zero-order valence-electron chi connectivity index (χ0n) is 16.6. The van der Waals surface area contributed by atoms with Gasteiger partial charge in [-0.1, -0.05) is 42.5 Å². The van der Waals surface area contributed by atoms with Crippen molar-refractivity contribution in [1.29, 1.82) is 0 Å². The molecule has 8 heteroatoms. The third-order valence-electron chi connectivity index (χ3n) is 4.91. The second kappa shape index (κ2) is 9.98. The second-order valence-corrected chi connectivity index (χ2v) is 9.05. The topological polar surface area (TPSA) is 79.0 Å². The van der Waals surface area contributed by atoms with E-state index in [1.54, 1.807) is 18.2 Å². The molecule has 1 saturated heterocycles. The number of ether oxygens (including phenoxy) is 1. The molecule has 1 amide bonds. The van der Waals surface area contributed by atoms with Crippen LogP contribution in [-0.2, 0) is 32.6 Å². The van der Waals surface area contributed by atoms with Gasteiger partial charge >= 0.3 is 0 Å². The molecule has 1 aliphatic rings. The van der Waals surface area contributed by atoms with E-state index >= 15 is 0 Å². The lowest BCUT2D eigenvalue weighted by molar-refractivity contribution is -0.121. The first-order valence-corrected chi connectivity index (χ1v) is 11.1. The van der Waals surface area contributed by atoms with Crippen molar-refractivity contribution in [3.05, 3.63) is 65.7 Å². The molecule has 1 heterocycles. The van der Waals surface area contributed by atoms with E-state index < -0.39 is 10.0 Å². The zero-order valence-corrected chi connectivity index (χ0v) is 17.4. The van der Waals surface area contributed by atoms with Gasteiger partial charge in [0.1, 0.15) is 0 Å². The molecule has 0 atom stereocenters. The van der Waals surface area contributed by atoms with Crippen molar-refractivity contribution in [3.8, 4) is 0 Å². The number of rotatable bonds is 8. The zero-order chi connectivity index (χ0) is 20.7. The van der Waals surface area contributed by atoms with Crippen LogP contribution in [0.15, 0.2) is 59.5 Å². The summed E-state index contributed by atoms with van der Waals surface area (Å²) >= 11 is 0. The van der Waals surface area contributed by atoms with Crippen LogP contribution in [0, 0.1) is 0 Å². The lowest BCUT2D eigenvalue weighted by atomic mass is 10.1. The van der Waals surface area contributed by atoms with Gasteiger partial charge in [-0.05, 0) is 23.3 Å². The third-order valence-corrected chi connectivity index (χ3v) is 6.73. The molecule has 2 aromatic rings. The first-order chi connectivity index (χ1) is 14.0. The molecule has 156 valence electrons. The lowest BCUT2D eigenvalue weighted by Crippen LogP contribution is -2.38. The van der Waals surface area contributed by atoms with E-state index in [1.807, 2.05) is 18.2 Å². The number of sulfonamides is 1. The minimum Gasteiger partial charge on any atom is -0.379 e. The minimum absolute atomic E-state index is 0.172. The number of hydrogen-bond donors (Lipinski definition) is 1. The predicted octanol–water partition coefficient (Wildman–Crippen LogP) is 1.46. The van der Waals surface area contributed by atoms with Gasteiger partial charge in [0.05, 0.1) is 24.7 Å². The van der Waals surface area contributed by atoms with E-state index in [1.165, 1.54) is 19.2 Å². The molecule has 0 spiro atoms. The van der Waals surface area contributed by atoms with Crippen molar-refractivity contribution >= 4 is 15.9 Å². The fourth-order valence-corrected chi connectivity index (χ4v) is 4.34. The molecule has 1 N–H and O–H groups in total. The minimum atomic E-state index is -3.69. The SMILES string of the molecule is CN(CC(=O)NCc1ccccc1CN1CCOCC1)S(=O)(=O)c1ccccc1. The van der Waals surface area contributed by atoms with Crippen LogP contribution in [0.5, 0.6) is 0 Å². The van der Waals surface area contributed by atoms with Crippen molar-refractivity contribution < 1.29 is 17.9 Å². The number of hydrogen-bond acceptors (Lipinski definition) is 5. The summed E-state index contributed by atoms with van der Waals surface area (Å²) < 4.78 is 31.6. The summed E-state index contributed by atoms with van der Waals surface area (Å²) in [5, 5.41) is 2.84. The molecule has 0 aromatic heterocycles. The highest BCUT2D eigenvalue weighted by Gasteiger charge is 2.22. The van der Waals surface area contributed by atoms with E-state index in [2.05, 4.69) is 16.3 Å². The molecule has 29 heavy (non-hydrogen) atoms. The summed E-state index contributed by atoms with van der Waals surface area (Å²) in [6.45, 7) is 4.19. The Balaban J connectivity index is 1.57. The number of nitrogens with zero attached hydrogens (tertiary/aromatic N) is 2. The quantitative estimate of drug-likeness (QED) is 0.704. The molecule has 2 aromatic carbocycles. The average molecular weight is 418 g/mol. The summed E-state index contributed by atoms with van der Waals surface area (Å²) in [5.74, 6) is -0.340. The van der Waals surface area contributed by atoms with Crippen LogP contribution in [0.3, 0.4) is 0 Å². The fraction of sp³-hybridized carbons (Fsp3) is 0.381. The summed E-state index contributed by atoms with van der Waals surface area (Å²) in [6.07, 6.45) is 0. The van der Waals surface area contributed by atoms with Crippen molar-refractivity contribution in [2.45, 2.75) is 18.0 Å². The molecule has 1 aliphatic heterocycles. The highest BCUT2D eigenvalue weighted by atomic mass is 32.2. The van der Waals surface area contributed by atoms with Crippen molar-refractivity contribution in [2.75, 3.05) is 39.9 Å². The Labute approximate surface area is 172 Å². The van der Waals surface area contributed by atoms with Crippen molar-refractivity contribution in [1.82, 2.24) is 14.5 Å². The molecule has 3 rings (SSSR count). The molecular weight excluding hydrogens is 390 g/mol. The summed E-state index contributed by atoms with van der Waals surface area (Å²) in [6, 6.07) is 16.1. The van der Waals surface area contributed by atoms with Crippen molar-refractivity contribution in [3.63, 3.8) is 0 Å². The Morgan fingerprint density at radius 3 is 2.34 bits per heavy atom. The van der Waals surface area contributed by atoms with Crippen LogP contribution in [0.4, 0.5) is 0 Å². The van der Waals surface area contributed by atoms with Gasteiger partial charge in [0, 0.05) is 33.2 Å². The van der Waals surface area contributed by atoms with E-state index in [4.69, 9.17) is 4.74 Å². The number of nitrogens with one attached hydrogen (secondary N) is 1. The van der Waals surface area contributed by atoms with Gasteiger partial charge < -0.3 is 10.1 Å². The first-order valence-electron chi connectivity index (χ1n) is 9.62. The van der Waals surface area contributed by atoms with Crippen LogP contribution < -0.4 is 5.32 Å². The number of carbonyl (C=O) groups excluding carboxylic acids is 1. The fourth-order valence-electron chi connectivity index (χ4n) is 3.19. The maximum Gasteiger partial charge on any atom is 0.243 e. The summed E-state index contributed by atoms with van der Waals surface area (Å²) in [4.78, 5) is 14.9. The Hall–Kier alpha value is -2.26. The normalized spacial score (nSPS) is 15.4. The van der Waals surface area contributed by atoms with Gasteiger partial charge in [0.2, 0.25) is 15.9 Å². The molecule has 0 unspecified atom stereocenters. The van der Waals surface area contributed by atoms with Crippen LogP contribution in [0.25, 0.3) is 0 Å². The standard InChI is InChI=1S/C21H27N3O4S/c1-23(29(26,27)20-9-3-2-4-10-20)17-21(25)22-15-18-7-5-6-8-19(18)16-24-11-13-28-14-12-24/h2-10H,11-17H2,1H3,(H,22,25). The molecule has 0 saturated carbocycles. The van der Waals surface area contributed by atoms with Gasteiger partial charge in [-0.2, -0.15) is 4.31 Å². The van der Waals surface area contributed by atoms with Crippen LogP contribution in [0.2, 0.25) is 0 Å². The number of morpholine rings is 1. The van der Waals surface area contributed by atoms with Crippen LogP contribution in [0.1, 0.15) is 11.1 Å². The number of amides is 1. The smallest absolute Gasteiger partial charge is 0.243 e. The van der Waals surface area contributed by atoms with Gasteiger partial charge in [-0.15, -0.1) is 0 Å². The van der Waals surface area contributed by atoms with Crippen LogP contribution >= 0.6 is 0 Å². The Morgan fingerprint density at radius 2 is 1.66 bits per heavy atom. The van der Waals surface area contributed by atoms with Gasteiger partial charge in [0.25, 0.3) is 0 Å². The largest absolute Gasteiger partial charge is 0.379 e. The molecule has 1 fully saturated rings. The van der Waals surface area contributed by atoms with Crippen molar-refractivity contribution in [2.24, 2.45) is 0 Å². The van der Waals surface area contributed by atoms with E-state index in [-0.39, 0.29) is 17.3 Å². The third kappa shape index (κ3) is 5.86. The van der Waals surface area contributed by atoms with E-state index in [0.717, 1.165) is 48.3 Å². The average Bonchev–Trinajstić information content (AvgIpc) is 2.74. The van der Waals surface area contributed by atoms with Gasteiger partial charge in [0.15, 0.2) is 0 Å². The number of carbonyl (C=O) groups is 1. The lowest BCUT2D eigenvalue weighted by Gasteiger charge is -2.27. The number of likely N-dealkylation sites (N-methyl/N-ethyl adjacent to an activating group) is 1. The number of benzene rings is 2. The Morgan fingerprint density at radius 1 is 1.03 bits per heavy atom. The van der Waals surface area contributed by atoms with Crippen LogP contribution in [-0.4, -0.2) is 63.4 Å². The summed E-state index contributed by atoms with van der Waals surface area (Å²) in [7, 11) is -2.28. The summed E-state index contributed by atoms with van der Waals surface area (Å²) in [5.41, 5.74) is 2.18. The van der Waals surface area contributed by atoms with Gasteiger partial charge in [-0.25, -0.2) is 8.42 Å². The monoisotopic (exact) mass is 417 g/mol. The van der Waals surface area contributed by atoms with E-state index in [9.17, 15) is 13.2 Å². The molecule has 0 bridgehead atoms. The van der Waals surface area contributed by atoms with Gasteiger partial charge in [-0.3, -0.25) is 9.69 Å². The molecule has 7 nitrogen and oxygen atoms in total. The first kappa shape index (κ1) is 21.4. The van der Waals surface area contributed by atoms with E-state index in [0.29, 0.717) is 6.54 Å². The maximum atomic E-state index is 12.5. The predicted molar refractivity (Wildman–Crippen MR) is 111 cm³/mol. The highest BCUT2D eigenvalue weighted by molar-refractivity contribution is 7.89. The molecule has 0 radical (unpaired) electrons. The Kier molecular flexibility index (Phi) is 7.38. The Bertz CT molecular complexity index is 913.